The molecule has 2 aliphatic rings. The van der Waals surface area contributed by atoms with Crippen LogP contribution >= 0.6 is 11.3 Å². The molecule has 1 aromatic rings. The average Bonchev–Trinajstić information content (AvgIpc) is 3.14. The van der Waals surface area contributed by atoms with Crippen LogP contribution in [0.5, 0.6) is 0 Å². The zero-order valence-electron chi connectivity index (χ0n) is 14.1. The number of amides is 2. The first-order valence-corrected chi connectivity index (χ1v) is 10.8. The molecule has 1 atom stereocenters. The van der Waals surface area contributed by atoms with Crippen LogP contribution in [0.1, 0.15) is 44.7 Å². The van der Waals surface area contributed by atoms with E-state index < -0.39 is 21.8 Å². The van der Waals surface area contributed by atoms with Gasteiger partial charge in [0.25, 0.3) is 5.91 Å². The van der Waals surface area contributed by atoms with Gasteiger partial charge in [-0.2, -0.15) is 5.10 Å². The topological polar surface area (TPSA) is 109 Å². The van der Waals surface area contributed by atoms with Gasteiger partial charge in [-0.25, -0.2) is 18.4 Å². The molecule has 10 heteroatoms. The lowest BCUT2D eigenvalue weighted by molar-refractivity contribution is -0.133. The molecule has 1 aromatic heterocycles. The number of nitrogens with one attached hydrogen (secondary N) is 1. The molecule has 2 aliphatic heterocycles. The third-order valence-electron chi connectivity index (χ3n) is 4.21. The van der Waals surface area contributed by atoms with Gasteiger partial charge in [-0.15, -0.1) is 11.3 Å². The van der Waals surface area contributed by atoms with Crippen molar-refractivity contribution >= 4 is 43.8 Å². The summed E-state index contributed by atoms with van der Waals surface area (Å²) in [7, 11) is -3.13. The van der Waals surface area contributed by atoms with Crippen molar-refractivity contribution in [2.45, 2.75) is 45.1 Å². The van der Waals surface area contributed by atoms with E-state index in [1.807, 2.05) is 19.2 Å². The quantitative estimate of drug-likeness (QED) is 0.843. The number of hydrazone groups is 1. The summed E-state index contributed by atoms with van der Waals surface area (Å²) in [5.74, 6) is -0.416. The van der Waals surface area contributed by atoms with Crippen molar-refractivity contribution in [3.63, 3.8) is 0 Å². The highest BCUT2D eigenvalue weighted by molar-refractivity contribution is 7.91. The van der Waals surface area contributed by atoms with E-state index in [4.69, 9.17) is 0 Å². The van der Waals surface area contributed by atoms with E-state index in [0.717, 1.165) is 5.69 Å². The van der Waals surface area contributed by atoms with Gasteiger partial charge in [-0.3, -0.25) is 14.9 Å². The summed E-state index contributed by atoms with van der Waals surface area (Å²) in [5.41, 5.74) is 1.13. The predicted octanol–water partition coefficient (Wildman–Crippen LogP) is 1.37. The van der Waals surface area contributed by atoms with E-state index in [1.165, 1.54) is 16.3 Å². The Morgan fingerprint density at radius 1 is 1.40 bits per heavy atom. The van der Waals surface area contributed by atoms with E-state index in [9.17, 15) is 18.0 Å². The molecule has 3 heterocycles. The molecular formula is C15H20N4O4S2. The summed E-state index contributed by atoms with van der Waals surface area (Å²) in [6, 6.07) is -0.479. The highest BCUT2D eigenvalue weighted by Crippen LogP contribution is 2.24. The Bertz CT molecular complexity index is 828. The van der Waals surface area contributed by atoms with Crippen molar-refractivity contribution in [1.29, 1.82) is 0 Å². The number of carbonyl (C=O) groups is 2. The number of aromatic nitrogens is 1. The minimum Gasteiger partial charge on any atom is -0.297 e. The molecule has 0 aromatic carbocycles. The number of anilines is 1. The Balaban J connectivity index is 1.73. The molecular weight excluding hydrogens is 364 g/mol. The minimum atomic E-state index is -3.13. The zero-order valence-corrected chi connectivity index (χ0v) is 15.7. The average molecular weight is 384 g/mol. The van der Waals surface area contributed by atoms with E-state index in [-0.39, 0.29) is 41.9 Å². The molecule has 0 spiro atoms. The summed E-state index contributed by atoms with van der Waals surface area (Å²) < 4.78 is 23.3. The van der Waals surface area contributed by atoms with Gasteiger partial charge >= 0.3 is 0 Å². The lowest BCUT2D eigenvalue weighted by Crippen LogP contribution is -2.42. The van der Waals surface area contributed by atoms with Gasteiger partial charge < -0.3 is 0 Å². The number of sulfone groups is 1. The molecule has 25 heavy (non-hydrogen) atoms. The van der Waals surface area contributed by atoms with Crippen molar-refractivity contribution in [3.05, 3.63) is 11.1 Å². The Kier molecular flexibility index (Phi) is 4.92. The second-order valence-electron chi connectivity index (χ2n) is 6.53. The standard InChI is InChI=1S/C15H20N4O4S2/c1-9(2)12-7-24-15(16-12)17-14(21)11-3-4-13(20)19(18-11)10-5-6-25(22,23)8-10/h7,9-10H,3-6,8H2,1-2H3,(H,16,17,21). The number of nitrogens with zero attached hydrogens (tertiary/aromatic N) is 3. The highest BCUT2D eigenvalue weighted by Gasteiger charge is 2.37. The molecule has 0 saturated carbocycles. The molecule has 8 nitrogen and oxygen atoms in total. The van der Waals surface area contributed by atoms with Gasteiger partial charge in [0, 0.05) is 18.2 Å². The number of hydrogen-bond acceptors (Lipinski definition) is 7. The van der Waals surface area contributed by atoms with Gasteiger partial charge in [0.05, 0.1) is 23.2 Å². The monoisotopic (exact) mass is 384 g/mol. The van der Waals surface area contributed by atoms with Crippen LogP contribution in [-0.4, -0.2) is 53.5 Å². The fourth-order valence-electron chi connectivity index (χ4n) is 2.77. The second-order valence-corrected chi connectivity index (χ2v) is 9.62. The van der Waals surface area contributed by atoms with E-state index in [1.54, 1.807) is 0 Å². The van der Waals surface area contributed by atoms with E-state index >= 15 is 0 Å². The summed E-state index contributed by atoms with van der Waals surface area (Å²) in [5, 5.41) is 10.4. The SMILES string of the molecule is CC(C)c1csc(NC(=O)C2=NN(C3CCS(=O)(=O)C3)C(=O)CC2)n1. The summed E-state index contributed by atoms with van der Waals surface area (Å²) in [6.07, 6.45) is 0.748. The molecule has 1 saturated heterocycles. The number of rotatable bonds is 4. The molecule has 2 amide bonds. The van der Waals surface area contributed by atoms with Gasteiger partial charge in [0.2, 0.25) is 5.91 Å². The predicted molar refractivity (Wildman–Crippen MR) is 95.4 cm³/mol. The third kappa shape index (κ3) is 4.06. The molecule has 0 aliphatic carbocycles. The molecule has 1 unspecified atom stereocenters. The first-order chi connectivity index (χ1) is 11.7. The smallest absolute Gasteiger partial charge is 0.273 e. The van der Waals surface area contributed by atoms with Crippen LogP contribution in [-0.2, 0) is 19.4 Å². The number of thiazole rings is 1. The Labute approximate surface area is 150 Å². The van der Waals surface area contributed by atoms with Crippen molar-refractivity contribution in [2.75, 3.05) is 16.8 Å². The minimum absolute atomic E-state index is 0.0512. The molecule has 0 bridgehead atoms. The maximum absolute atomic E-state index is 12.4. The van der Waals surface area contributed by atoms with Crippen LogP contribution in [0.4, 0.5) is 5.13 Å². The molecule has 0 radical (unpaired) electrons. The van der Waals surface area contributed by atoms with Gasteiger partial charge in [0.15, 0.2) is 15.0 Å². The third-order valence-corrected chi connectivity index (χ3v) is 6.74. The fourth-order valence-corrected chi connectivity index (χ4v) is 5.33. The maximum Gasteiger partial charge on any atom is 0.273 e. The van der Waals surface area contributed by atoms with Crippen LogP contribution in [0.25, 0.3) is 0 Å². The number of hydrogen-bond donors (Lipinski definition) is 1. The van der Waals surface area contributed by atoms with Crippen LogP contribution < -0.4 is 5.32 Å². The summed E-state index contributed by atoms with van der Waals surface area (Å²) in [6.45, 7) is 4.04. The van der Waals surface area contributed by atoms with E-state index in [0.29, 0.717) is 11.6 Å². The summed E-state index contributed by atoms with van der Waals surface area (Å²) in [4.78, 5) is 28.8. The zero-order chi connectivity index (χ0) is 18.2. The molecule has 3 rings (SSSR count). The largest absolute Gasteiger partial charge is 0.297 e. The Morgan fingerprint density at radius 3 is 2.76 bits per heavy atom. The lowest BCUT2D eigenvalue weighted by Gasteiger charge is -2.27. The Morgan fingerprint density at radius 2 is 2.16 bits per heavy atom. The van der Waals surface area contributed by atoms with Gasteiger partial charge in [0.1, 0.15) is 5.71 Å². The number of carbonyl (C=O) groups excluding carboxylic acids is 2. The van der Waals surface area contributed by atoms with Gasteiger partial charge in [-0.05, 0) is 12.3 Å². The van der Waals surface area contributed by atoms with Crippen molar-refractivity contribution < 1.29 is 18.0 Å². The van der Waals surface area contributed by atoms with E-state index in [2.05, 4.69) is 15.4 Å². The second kappa shape index (κ2) is 6.83. The first-order valence-electron chi connectivity index (χ1n) is 8.12. The first kappa shape index (κ1) is 18.0. The molecule has 1 fully saturated rings. The maximum atomic E-state index is 12.4. The fraction of sp³-hybridized carbons (Fsp3) is 0.600. The Hall–Kier alpha value is -1.81. The van der Waals surface area contributed by atoms with Crippen molar-refractivity contribution in [1.82, 2.24) is 9.99 Å². The highest BCUT2D eigenvalue weighted by atomic mass is 32.2. The van der Waals surface area contributed by atoms with Crippen LogP contribution in [0.2, 0.25) is 0 Å². The molecule has 136 valence electrons. The van der Waals surface area contributed by atoms with Gasteiger partial charge in [-0.1, -0.05) is 13.8 Å². The molecule has 1 N–H and O–H groups in total. The van der Waals surface area contributed by atoms with Crippen LogP contribution in [0, 0.1) is 0 Å². The van der Waals surface area contributed by atoms with Crippen LogP contribution in [0.15, 0.2) is 10.5 Å². The van der Waals surface area contributed by atoms with Crippen molar-refractivity contribution in [3.8, 4) is 0 Å². The van der Waals surface area contributed by atoms with Crippen molar-refractivity contribution in [2.24, 2.45) is 5.10 Å². The van der Waals surface area contributed by atoms with Crippen LogP contribution in [0.3, 0.4) is 0 Å². The lowest BCUT2D eigenvalue weighted by atomic mass is 10.1. The normalized spacial score (nSPS) is 23.0. The summed E-state index contributed by atoms with van der Waals surface area (Å²) >= 11 is 1.34.